The van der Waals surface area contributed by atoms with Gasteiger partial charge in [-0.2, -0.15) is 0 Å². The fourth-order valence-electron chi connectivity index (χ4n) is 2.39. The Morgan fingerprint density at radius 3 is 2.78 bits per heavy atom. The van der Waals surface area contributed by atoms with Gasteiger partial charge in [-0.25, -0.2) is 4.79 Å². The maximum atomic E-state index is 11.8. The number of halogens is 1. The van der Waals surface area contributed by atoms with Gasteiger partial charge in [0, 0.05) is 22.6 Å². The highest BCUT2D eigenvalue weighted by molar-refractivity contribution is 6.63. The second-order valence-corrected chi connectivity index (χ2v) is 6.57. The highest BCUT2D eigenvalue weighted by Crippen LogP contribution is 2.33. The number of fused-ring (bicyclic) bond motifs is 1. The minimum atomic E-state index is -1.14. The van der Waals surface area contributed by atoms with Gasteiger partial charge in [0.1, 0.15) is 11.4 Å². The normalized spacial score (nSPS) is 17.0. The molecule has 0 fully saturated rings. The number of benzene rings is 1. The second-order valence-electron chi connectivity index (χ2n) is 6.17. The van der Waals surface area contributed by atoms with Crippen molar-refractivity contribution in [2.75, 3.05) is 13.2 Å². The molecule has 0 aliphatic carbocycles. The fraction of sp³-hybridized carbons (Fsp3) is 0.533. The average Bonchev–Trinajstić information content (AvgIpc) is 2.76. The zero-order valence-electron chi connectivity index (χ0n) is 13.7. The molecule has 126 valence electrons. The summed E-state index contributed by atoms with van der Waals surface area (Å²) in [7, 11) is -1.14. The fourth-order valence-corrected chi connectivity index (χ4v) is 2.67. The van der Waals surface area contributed by atoms with Gasteiger partial charge in [0.25, 0.3) is 0 Å². The number of amides is 1. The topological polar surface area (TPSA) is 77.0 Å². The summed E-state index contributed by atoms with van der Waals surface area (Å²) in [5.74, 6) is 0.527. The van der Waals surface area contributed by atoms with Crippen LogP contribution in [0.25, 0.3) is 0 Å². The third-order valence-electron chi connectivity index (χ3n) is 3.19. The van der Waals surface area contributed by atoms with Crippen molar-refractivity contribution in [3.05, 3.63) is 22.7 Å². The molecular formula is C15H21BClNO5. The van der Waals surface area contributed by atoms with Crippen LogP contribution in [-0.2, 0) is 9.39 Å². The molecule has 1 amide bonds. The summed E-state index contributed by atoms with van der Waals surface area (Å²) in [6.45, 7) is 7.79. The number of rotatable bonds is 4. The zero-order chi connectivity index (χ0) is 17.2. The second kappa shape index (κ2) is 6.99. The van der Waals surface area contributed by atoms with Gasteiger partial charge in [0.2, 0.25) is 0 Å². The molecule has 8 heteroatoms. The molecule has 23 heavy (non-hydrogen) atoms. The number of carbonyl (C=O) groups excluding carboxylic acids is 1. The van der Waals surface area contributed by atoms with Crippen LogP contribution >= 0.6 is 11.6 Å². The molecule has 2 N–H and O–H groups in total. The molecule has 0 aromatic heterocycles. The Hall–Kier alpha value is -1.44. The standard InChI is InChI=1S/C15H21BClNO5/c1-5-21-10-7-6-9(17)12-11(23-16(20)13(10)12)8-18-14(19)22-15(2,3)4/h6-7,11,20H,5,8H2,1-4H3,(H,18,19)/t11-/m1/s1. The largest absolute Gasteiger partial charge is 0.495 e. The quantitative estimate of drug-likeness (QED) is 0.819. The first-order valence-corrected chi connectivity index (χ1v) is 7.86. The van der Waals surface area contributed by atoms with Crippen LogP contribution in [0.2, 0.25) is 5.02 Å². The van der Waals surface area contributed by atoms with Crippen LogP contribution in [0.15, 0.2) is 12.1 Å². The van der Waals surface area contributed by atoms with E-state index in [1.54, 1.807) is 32.9 Å². The summed E-state index contributed by atoms with van der Waals surface area (Å²) in [5, 5.41) is 13.2. The molecular weight excluding hydrogens is 320 g/mol. The number of nitrogens with one attached hydrogen (secondary N) is 1. The van der Waals surface area contributed by atoms with Crippen LogP contribution in [0.5, 0.6) is 5.75 Å². The van der Waals surface area contributed by atoms with E-state index in [1.807, 2.05) is 6.92 Å². The van der Waals surface area contributed by atoms with E-state index in [2.05, 4.69) is 5.32 Å². The lowest BCUT2D eigenvalue weighted by Crippen LogP contribution is -2.35. The van der Waals surface area contributed by atoms with Crippen LogP contribution in [0.1, 0.15) is 39.4 Å². The number of hydrogen-bond donors (Lipinski definition) is 2. The van der Waals surface area contributed by atoms with E-state index in [0.717, 1.165) is 0 Å². The summed E-state index contributed by atoms with van der Waals surface area (Å²) in [4.78, 5) is 11.8. The molecule has 0 saturated carbocycles. The molecule has 1 aliphatic rings. The van der Waals surface area contributed by atoms with Gasteiger partial charge in [0.15, 0.2) is 0 Å². The van der Waals surface area contributed by atoms with Crippen molar-refractivity contribution < 1.29 is 23.9 Å². The lowest BCUT2D eigenvalue weighted by molar-refractivity contribution is 0.0498. The smallest absolute Gasteiger partial charge is 0.494 e. The van der Waals surface area contributed by atoms with Gasteiger partial charge in [-0.1, -0.05) is 11.6 Å². The Morgan fingerprint density at radius 2 is 2.17 bits per heavy atom. The number of ether oxygens (including phenoxy) is 2. The van der Waals surface area contributed by atoms with Crippen molar-refractivity contribution in [3.63, 3.8) is 0 Å². The van der Waals surface area contributed by atoms with Crippen molar-refractivity contribution in [1.82, 2.24) is 5.32 Å². The minimum Gasteiger partial charge on any atom is -0.494 e. The van der Waals surface area contributed by atoms with Crippen LogP contribution in [-0.4, -0.2) is 37.0 Å². The van der Waals surface area contributed by atoms with E-state index in [-0.39, 0.29) is 6.54 Å². The molecule has 0 saturated heterocycles. The first-order valence-electron chi connectivity index (χ1n) is 7.48. The van der Waals surface area contributed by atoms with E-state index in [1.165, 1.54) is 0 Å². The Kier molecular flexibility index (Phi) is 5.44. The van der Waals surface area contributed by atoms with Gasteiger partial charge in [-0.05, 0) is 39.8 Å². The predicted octanol–water partition coefficient (Wildman–Crippen LogP) is 2.02. The van der Waals surface area contributed by atoms with Gasteiger partial charge in [-0.15, -0.1) is 0 Å². The molecule has 0 bridgehead atoms. The van der Waals surface area contributed by atoms with E-state index in [4.69, 9.17) is 25.7 Å². The molecule has 1 aliphatic heterocycles. The molecule has 2 rings (SSSR count). The number of hydrogen-bond acceptors (Lipinski definition) is 5. The van der Waals surface area contributed by atoms with Crippen molar-refractivity contribution in [3.8, 4) is 5.75 Å². The van der Waals surface area contributed by atoms with E-state index in [9.17, 15) is 9.82 Å². The maximum Gasteiger partial charge on any atom is 0.495 e. The van der Waals surface area contributed by atoms with Gasteiger partial charge in [-0.3, -0.25) is 0 Å². The predicted molar refractivity (Wildman–Crippen MR) is 88.3 cm³/mol. The van der Waals surface area contributed by atoms with Crippen LogP contribution < -0.4 is 15.5 Å². The van der Waals surface area contributed by atoms with Crippen molar-refractivity contribution in [2.24, 2.45) is 0 Å². The highest BCUT2D eigenvalue weighted by Gasteiger charge is 2.40. The van der Waals surface area contributed by atoms with Crippen LogP contribution in [0.4, 0.5) is 4.79 Å². The molecule has 1 aromatic carbocycles. The third-order valence-corrected chi connectivity index (χ3v) is 3.52. The maximum absolute atomic E-state index is 11.8. The first kappa shape index (κ1) is 17.9. The Morgan fingerprint density at radius 1 is 1.48 bits per heavy atom. The molecule has 1 atom stereocenters. The summed E-state index contributed by atoms with van der Waals surface area (Å²) in [5.41, 5.74) is 0.550. The van der Waals surface area contributed by atoms with Crippen LogP contribution in [0, 0.1) is 0 Å². The van der Waals surface area contributed by atoms with Crippen LogP contribution in [0.3, 0.4) is 0 Å². The lowest BCUT2D eigenvalue weighted by Gasteiger charge is -2.21. The van der Waals surface area contributed by atoms with Crippen molar-refractivity contribution in [2.45, 2.75) is 39.4 Å². The average molecular weight is 342 g/mol. The molecule has 0 radical (unpaired) electrons. The first-order chi connectivity index (χ1) is 10.7. The Bertz CT molecular complexity index is 590. The number of alkyl carbamates (subject to hydrolysis) is 1. The zero-order valence-corrected chi connectivity index (χ0v) is 14.4. The van der Waals surface area contributed by atoms with E-state index < -0.39 is 24.9 Å². The van der Waals surface area contributed by atoms with Crippen molar-refractivity contribution in [1.29, 1.82) is 0 Å². The van der Waals surface area contributed by atoms with E-state index >= 15 is 0 Å². The monoisotopic (exact) mass is 341 g/mol. The SMILES string of the molecule is CCOc1ccc(Cl)c2c1B(O)O[C@@H]2CNC(=O)OC(C)(C)C. The van der Waals surface area contributed by atoms with Crippen molar-refractivity contribution >= 4 is 30.3 Å². The Labute approximate surface area is 141 Å². The van der Waals surface area contributed by atoms with E-state index in [0.29, 0.717) is 28.4 Å². The number of carbonyl (C=O) groups is 1. The molecule has 1 heterocycles. The summed E-state index contributed by atoms with van der Waals surface area (Å²) in [6, 6.07) is 3.38. The Balaban J connectivity index is 2.14. The molecule has 0 unspecified atom stereocenters. The van der Waals surface area contributed by atoms with Gasteiger partial charge >= 0.3 is 13.2 Å². The van der Waals surface area contributed by atoms with Gasteiger partial charge in [0.05, 0.1) is 12.7 Å². The highest BCUT2D eigenvalue weighted by atomic mass is 35.5. The lowest BCUT2D eigenvalue weighted by atomic mass is 9.78. The summed E-state index contributed by atoms with van der Waals surface area (Å²) in [6.07, 6.45) is -1.12. The summed E-state index contributed by atoms with van der Waals surface area (Å²) < 4.78 is 16.2. The van der Waals surface area contributed by atoms with Gasteiger partial charge < -0.3 is 24.5 Å². The minimum absolute atomic E-state index is 0.133. The third kappa shape index (κ3) is 4.31. The molecule has 1 aromatic rings. The summed E-state index contributed by atoms with van der Waals surface area (Å²) >= 11 is 6.23. The molecule has 0 spiro atoms. The molecule has 6 nitrogen and oxygen atoms in total.